The Bertz CT molecular complexity index is 556. The number of benzene rings is 1. The summed E-state index contributed by atoms with van der Waals surface area (Å²) in [6.07, 6.45) is 1.87. The van der Waals surface area contributed by atoms with E-state index in [1.54, 1.807) is 11.3 Å². The molecule has 0 amide bonds. The van der Waals surface area contributed by atoms with Crippen LogP contribution in [0.4, 0.5) is 0 Å². The summed E-state index contributed by atoms with van der Waals surface area (Å²) in [6, 6.07) is 6.38. The van der Waals surface area contributed by atoms with Gasteiger partial charge in [0.2, 0.25) is 0 Å². The molecule has 0 aliphatic rings. The third-order valence-electron chi connectivity index (χ3n) is 2.91. The van der Waals surface area contributed by atoms with Crippen molar-refractivity contribution in [2.24, 2.45) is 0 Å². The van der Waals surface area contributed by atoms with Crippen LogP contribution in [0.25, 0.3) is 0 Å². The lowest BCUT2D eigenvalue weighted by atomic mass is 10.1. The molecule has 3 nitrogen and oxygen atoms in total. The van der Waals surface area contributed by atoms with Crippen molar-refractivity contribution in [3.05, 3.63) is 44.3 Å². The van der Waals surface area contributed by atoms with Gasteiger partial charge in [-0.3, -0.25) is 0 Å². The van der Waals surface area contributed by atoms with E-state index in [-0.39, 0.29) is 6.04 Å². The standard InChI is InChI=1S/C14H17BrN2OS/c1-9(16-3)13-5-4-11(15)6-14(13)18-8-12-7-17-10(2)19-12/h4-7,9,16H,8H2,1-3H3. The van der Waals surface area contributed by atoms with Crippen LogP contribution in [0.5, 0.6) is 5.75 Å². The number of nitrogens with one attached hydrogen (secondary N) is 1. The summed E-state index contributed by atoms with van der Waals surface area (Å²) in [6.45, 7) is 4.68. The molecule has 0 spiro atoms. The van der Waals surface area contributed by atoms with Crippen LogP contribution >= 0.6 is 27.3 Å². The van der Waals surface area contributed by atoms with Gasteiger partial charge in [0.05, 0.1) is 9.88 Å². The summed E-state index contributed by atoms with van der Waals surface area (Å²) in [5.74, 6) is 0.905. The van der Waals surface area contributed by atoms with E-state index in [2.05, 4.69) is 39.2 Å². The lowest BCUT2D eigenvalue weighted by Crippen LogP contribution is -2.13. The van der Waals surface area contributed by atoms with E-state index in [9.17, 15) is 0 Å². The molecule has 1 unspecified atom stereocenters. The summed E-state index contributed by atoms with van der Waals surface area (Å²) >= 11 is 5.16. The molecule has 1 N–H and O–H groups in total. The second kappa shape index (κ2) is 6.50. The molecule has 102 valence electrons. The van der Waals surface area contributed by atoms with E-state index < -0.39 is 0 Å². The van der Waals surface area contributed by atoms with Crippen molar-refractivity contribution in [3.8, 4) is 5.75 Å². The molecule has 2 rings (SSSR count). The molecule has 1 aromatic carbocycles. The molecule has 19 heavy (non-hydrogen) atoms. The molecule has 1 atom stereocenters. The second-order valence-electron chi connectivity index (χ2n) is 4.33. The average Bonchev–Trinajstić information content (AvgIpc) is 2.81. The average molecular weight is 341 g/mol. The minimum atomic E-state index is 0.256. The highest BCUT2D eigenvalue weighted by molar-refractivity contribution is 9.10. The number of hydrogen-bond donors (Lipinski definition) is 1. The molecule has 2 aromatic rings. The molecule has 0 aliphatic heterocycles. The first kappa shape index (κ1) is 14.5. The van der Waals surface area contributed by atoms with Gasteiger partial charge >= 0.3 is 0 Å². The van der Waals surface area contributed by atoms with Crippen molar-refractivity contribution in [3.63, 3.8) is 0 Å². The molecule has 0 aliphatic carbocycles. The first-order valence-electron chi connectivity index (χ1n) is 6.11. The van der Waals surface area contributed by atoms with Crippen LogP contribution in [0.2, 0.25) is 0 Å². The van der Waals surface area contributed by atoms with Crippen LogP contribution in [0.1, 0.15) is 28.4 Å². The SMILES string of the molecule is CNC(C)c1ccc(Br)cc1OCc1cnc(C)s1. The highest BCUT2D eigenvalue weighted by Gasteiger charge is 2.11. The summed E-state index contributed by atoms with van der Waals surface area (Å²) < 4.78 is 6.96. The molecule has 1 heterocycles. The predicted molar refractivity (Wildman–Crippen MR) is 82.8 cm³/mol. The van der Waals surface area contributed by atoms with E-state index >= 15 is 0 Å². The maximum absolute atomic E-state index is 5.94. The van der Waals surface area contributed by atoms with Crippen LogP contribution in [0.15, 0.2) is 28.9 Å². The van der Waals surface area contributed by atoms with Gasteiger partial charge in [-0.25, -0.2) is 4.98 Å². The third kappa shape index (κ3) is 3.78. The van der Waals surface area contributed by atoms with E-state index in [0.717, 1.165) is 25.7 Å². The smallest absolute Gasteiger partial charge is 0.125 e. The van der Waals surface area contributed by atoms with E-state index in [0.29, 0.717) is 6.61 Å². The van der Waals surface area contributed by atoms with Crippen LogP contribution in [0, 0.1) is 6.92 Å². The van der Waals surface area contributed by atoms with Crippen LogP contribution < -0.4 is 10.1 Å². The predicted octanol–water partition coefficient (Wildman–Crippen LogP) is 4.07. The minimum Gasteiger partial charge on any atom is -0.488 e. The first-order valence-corrected chi connectivity index (χ1v) is 7.72. The molecule has 0 fully saturated rings. The topological polar surface area (TPSA) is 34.1 Å². The Kier molecular flexibility index (Phi) is 4.96. The van der Waals surface area contributed by atoms with E-state index in [1.807, 2.05) is 32.3 Å². The zero-order valence-corrected chi connectivity index (χ0v) is 13.6. The van der Waals surface area contributed by atoms with Crippen LogP contribution in [-0.4, -0.2) is 12.0 Å². The maximum atomic E-state index is 5.94. The zero-order chi connectivity index (χ0) is 13.8. The molecular formula is C14H17BrN2OS. The van der Waals surface area contributed by atoms with Crippen molar-refractivity contribution >= 4 is 27.3 Å². The van der Waals surface area contributed by atoms with Gasteiger partial charge in [-0.2, -0.15) is 0 Å². The summed E-state index contributed by atoms with van der Waals surface area (Å²) in [4.78, 5) is 5.38. The molecule has 0 saturated carbocycles. The Labute approximate surface area is 126 Å². The van der Waals surface area contributed by atoms with Gasteiger partial charge in [0.25, 0.3) is 0 Å². The Hall–Kier alpha value is -0.910. The van der Waals surface area contributed by atoms with Gasteiger partial charge in [-0.15, -0.1) is 11.3 Å². The molecule has 0 radical (unpaired) electrons. The first-order chi connectivity index (χ1) is 9.10. The van der Waals surface area contributed by atoms with Crippen molar-refractivity contribution in [2.45, 2.75) is 26.5 Å². The minimum absolute atomic E-state index is 0.256. The van der Waals surface area contributed by atoms with Crippen LogP contribution in [0.3, 0.4) is 0 Å². The van der Waals surface area contributed by atoms with E-state index in [4.69, 9.17) is 4.74 Å². The molecule has 5 heteroatoms. The monoisotopic (exact) mass is 340 g/mol. The summed E-state index contributed by atoms with van der Waals surface area (Å²) in [5, 5.41) is 4.30. The van der Waals surface area contributed by atoms with E-state index in [1.165, 1.54) is 0 Å². The lowest BCUT2D eigenvalue weighted by molar-refractivity contribution is 0.303. The summed E-state index contributed by atoms with van der Waals surface area (Å²) in [7, 11) is 1.95. The fraction of sp³-hybridized carbons (Fsp3) is 0.357. The number of rotatable bonds is 5. The van der Waals surface area contributed by atoms with Crippen molar-refractivity contribution < 1.29 is 4.74 Å². The second-order valence-corrected chi connectivity index (χ2v) is 6.56. The number of aromatic nitrogens is 1. The lowest BCUT2D eigenvalue weighted by Gasteiger charge is -2.16. The number of halogens is 1. The molecule has 0 bridgehead atoms. The number of nitrogens with zero attached hydrogens (tertiary/aromatic N) is 1. The fourth-order valence-corrected chi connectivity index (χ4v) is 2.82. The Morgan fingerprint density at radius 2 is 2.26 bits per heavy atom. The van der Waals surface area contributed by atoms with Crippen molar-refractivity contribution in [1.29, 1.82) is 0 Å². The van der Waals surface area contributed by atoms with Gasteiger partial charge in [0.1, 0.15) is 12.4 Å². The molecular weight excluding hydrogens is 324 g/mol. The highest BCUT2D eigenvalue weighted by Crippen LogP contribution is 2.29. The van der Waals surface area contributed by atoms with Gasteiger partial charge in [0.15, 0.2) is 0 Å². The number of ether oxygens (including phenoxy) is 1. The van der Waals surface area contributed by atoms with Crippen molar-refractivity contribution in [1.82, 2.24) is 10.3 Å². The maximum Gasteiger partial charge on any atom is 0.125 e. The number of aryl methyl sites for hydroxylation is 1. The Morgan fingerprint density at radius 3 is 2.89 bits per heavy atom. The molecule has 1 aromatic heterocycles. The fourth-order valence-electron chi connectivity index (χ4n) is 1.77. The number of thiazole rings is 1. The zero-order valence-electron chi connectivity index (χ0n) is 11.2. The number of hydrogen-bond acceptors (Lipinski definition) is 4. The Balaban J connectivity index is 2.16. The summed E-state index contributed by atoms with van der Waals surface area (Å²) in [5.41, 5.74) is 1.16. The van der Waals surface area contributed by atoms with Gasteiger partial charge in [0, 0.05) is 22.3 Å². The van der Waals surface area contributed by atoms with Gasteiger partial charge in [-0.05, 0) is 33.0 Å². The Morgan fingerprint density at radius 1 is 1.47 bits per heavy atom. The van der Waals surface area contributed by atoms with Gasteiger partial charge < -0.3 is 10.1 Å². The quantitative estimate of drug-likeness (QED) is 0.890. The highest BCUT2D eigenvalue weighted by atomic mass is 79.9. The third-order valence-corrected chi connectivity index (χ3v) is 4.29. The molecule has 0 saturated heterocycles. The van der Waals surface area contributed by atoms with Crippen LogP contribution in [-0.2, 0) is 6.61 Å². The van der Waals surface area contributed by atoms with Gasteiger partial charge in [-0.1, -0.05) is 22.0 Å². The normalized spacial score (nSPS) is 12.4. The van der Waals surface area contributed by atoms with Crippen molar-refractivity contribution in [2.75, 3.05) is 7.05 Å². The largest absolute Gasteiger partial charge is 0.488 e.